The Morgan fingerprint density at radius 2 is 1.81 bits per heavy atom. The second-order valence-corrected chi connectivity index (χ2v) is 5.84. The maximum absolute atomic E-state index is 6.22. The molecule has 2 bridgehead atoms. The lowest BCUT2D eigenvalue weighted by atomic mass is 9.45. The minimum absolute atomic E-state index is 0.354. The molecule has 0 N–H and O–H groups in total. The first-order valence-corrected chi connectivity index (χ1v) is 7.00. The van der Waals surface area contributed by atoms with Crippen molar-refractivity contribution in [3.8, 4) is 0 Å². The highest BCUT2D eigenvalue weighted by atomic mass is 16.4. The molecule has 2 fully saturated rings. The largest absolute Gasteiger partial charge is 0.433 e. The number of hydrogen-bond donors (Lipinski definition) is 0. The normalized spacial score (nSPS) is 34.9. The standard InChI is InChI=1S/C14H25BO/c1-4-14-12-7-5-9-13(10-6-8-12)15(14)16-11(2)3/h4,11-14H,1,5-10H2,2-3H3. The van der Waals surface area contributed by atoms with E-state index in [9.17, 15) is 0 Å². The van der Waals surface area contributed by atoms with E-state index in [2.05, 4.69) is 26.5 Å². The van der Waals surface area contributed by atoms with Crippen LogP contribution in [0.5, 0.6) is 0 Å². The highest BCUT2D eigenvalue weighted by Crippen LogP contribution is 2.47. The maximum Gasteiger partial charge on any atom is 0.303 e. The summed E-state index contributed by atoms with van der Waals surface area (Å²) in [7, 11) is 0. The summed E-state index contributed by atoms with van der Waals surface area (Å²) in [6.07, 6.45) is 10.9. The minimum atomic E-state index is 0.354. The van der Waals surface area contributed by atoms with Crippen LogP contribution in [0, 0.1) is 5.92 Å². The predicted molar refractivity (Wildman–Crippen MR) is 70.9 cm³/mol. The van der Waals surface area contributed by atoms with Gasteiger partial charge in [-0.15, -0.1) is 6.58 Å². The molecule has 2 rings (SSSR count). The van der Waals surface area contributed by atoms with E-state index in [1.807, 2.05) is 0 Å². The minimum Gasteiger partial charge on any atom is -0.433 e. The first-order valence-electron chi connectivity index (χ1n) is 7.00. The quantitative estimate of drug-likeness (QED) is 0.508. The Kier molecular flexibility index (Phi) is 4.13. The average Bonchev–Trinajstić information content (AvgIpc) is 2.43. The average molecular weight is 220 g/mol. The molecule has 2 aliphatic rings. The van der Waals surface area contributed by atoms with Gasteiger partial charge in [-0.3, -0.25) is 0 Å². The zero-order chi connectivity index (χ0) is 11.5. The van der Waals surface area contributed by atoms with Crippen molar-refractivity contribution in [3.63, 3.8) is 0 Å². The molecule has 1 unspecified atom stereocenters. The van der Waals surface area contributed by atoms with Crippen LogP contribution in [0.2, 0.25) is 11.6 Å². The fraction of sp³-hybridized carbons (Fsp3) is 0.857. The first kappa shape index (κ1) is 12.2. The van der Waals surface area contributed by atoms with Crippen molar-refractivity contribution in [3.05, 3.63) is 12.7 Å². The Labute approximate surface area is 101 Å². The fourth-order valence-corrected chi connectivity index (χ4v) is 3.71. The Morgan fingerprint density at radius 1 is 1.19 bits per heavy atom. The van der Waals surface area contributed by atoms with Gasteiger partial charge in [0.1, 0.15) is 0 Å². The van der Waals surface area contributed by atoms with Crippen LogP contribution in [0.1, 0.15) is 52.4 Å². The topological polar surface area (TPSA) is 9.23 Å². The van der Waals surface area contributed by atoms with Gasteiger partial charge in [-0.2, -0.15) is 0 Å². The molecular formula is C14H25BO. The molecule has 16 heavy (non-hydrogen) atoms. The zero-order valence-corrected chi connectivity index (χ0v) is 10.8. The summed E-state index contributed by atoms with van der Waals surface area (Å²) in [5.41, 5.74) is 0. The molecular weight excluding hydrogens is 195 g/mol. The van der Waals surface area contributed by atoms with Crippen LogP contribution in [0.3, 0.4) is 0 Å². The lowest BCUT2D eigenvalue weighted by Gasteiger charge is -2.28. The fourth-order valence-electron chi connectivity index (χ4n) is 3.71. The van der Waals surface area contributed by atoms with Crippen molar-refractivity contribution in [2.45, 2.75) is 70.1 Å². The number of rotatable bonds is 3. The van der Waals surface area contributed by atoms with Gasteiger partial charge in [-0.25, -0.2) is 0 Å². The van der Waals surface area contributed by atoms with Gasteiger partial charge in [0.05, 0.1) is 0 Å². The third-order valence-electron chi connectivity index (χ3n) is 4.39. The second kappa shape index (κ2) is 5.40. The Hall–Kier alpha value is -0.235. The highest BCUT2D eigenvalue weighted by molar-refractivity contribution is 6.56. The zero-order valence-electron chi connectivity index (χ0n) is 10.8. The van der Waals surface area contributed by atoms with E-state index < -0.39 is 0 Å². The van der Waals surface area contributed by atoms with Gasteiger partial charge in [-0.1, -0.05) is 44.6 Å². The highest BCUT2D eigenvalue weighted by Gasteiger charge is 2.42. The molecule has 0 radical (unpaired) electrons. The third-order valence-corrected chi connectivity index (χ3v) is 4.39. The molecule has 90 valence electrons. The van der Waals surface area contributed by atoms with Crippen LogP contribution in [-0.2, 0) is 4.65 Å². The molecule has 0 amide bonds. The molecule has 1 atom stereocenters. The van der Waals surface area contributed by atoms with Gasteiger partial charge in [0.25, 0.3) is 0 Å². The van der Waals surface area contributed by atoms with E-state index in [0.717, 1.165) is 11.7 Å². The van der Waals surface area contributed by atoms with E-state index in [4.69, 9.17) is 4.65 Å². The van der Waals surface area contributed by atoms with E-state index in [-0.39, 0.29) is 0 Å². The second-order valence-electron chi connectivity index (χ2n) is 5.84. The van der Waals surface area contributed by atoms with Crippen LogP contribution < -0.4 is 0 Å². The molecule has 0 saturated carbocycles. The smallest absolute Gasteiger partial charge is 0.303 e. The molecule has 0 spiro atoms. The lowest BCUT2D eigenvalue weighted by Crippen LogP contribution is -2.32. The molecule has 2 heterocycles. The Morgan fingerprint density at radius 3 is 2.31 bits per heavy atom. The summed E-state index contributed by atoms with van der Waals surface area (Å²) < 4.78 is 6.22. The van der Waals surface area contributed by atoms with Gasteiger partial charge >= 0.3 is 6.92 Å². The number of hydrogen-bond acceptors (Lipinski definition) is 1. The van der Waals surface area contributed by atoms with E-state index in [1.165, 1.54) is 38.5 Å². The number of fused-ring (bicyclic) bond motifs is 3. The molecule has 0 aromatic rings. The molecule has 0 aromatic carbocycles. The van der Waals surface area contributed by atoms with Crippen molar-refractivity contribution in [2.75, 3.05) is 0 Å². The Balaban J connectivity index is 2.18. The molecule has 1 nitrogen and oxygen atoms in total. The molecule has 0 aromatic heterocycles. The summed E-state index contributed by atoms with van der Waals surface area (Å²) in [5, 5.41) is 0. The SMILES string of the molecule is C=CC1B(OC(C)C)C2CCCC1CCC2. The van der Waals surface area contributed by atoms with Gasteiger partial charge < -0.3 is 4.65 Å². The monoisotopic (exact) mass is 220 g/mol. The summed E-state index contributed by atoms with van der Waals surface area (Å²) in [4.78, 5) is 0. The third kappa shape index (κ3) is 2.53. The van der Waals surface area contributed by atoms with Crippen molar-refractivity contribution in [2.24, 2.45) is 5.92 Å². The summed E-state index contributed by atoms with van der Waals surface area (Å²) in [5.74, 6) is 2.24. The van der Waals surface area contributed by atoms with E-state index in [0.29, 0.717) is 18.8 Å². The molecule has 2 aliphatic heterocycles. The van der Waals surface area contributed by atoms with E-state index in [1.54, 1.807) is 0 Å². The molecule has 0 aliphatic carbocycles. The maximum atomic E-state index is 6.22. The van der Waals surface area contributed by atoms with Crippen molar-refractivity contribution >= 4 is 6.92 Å². The van der Waals surface area contributed by atoms with Crippen LogP contribution in [0.25, 0.3) is 0 Å². The predicted octanol–water partition coefficient (Wildman–Crippen LogP) is 4.31. The summed E-state index contributed by atoms with van der Waals surface area (Å²) >= 11 is 0. The van der Waals surface area contributed by atoms with Crippen LogP contribution in [-0.4, -0.2) is 13.0 Å². The van der Waals surface area contributed by atoms with Crippen molar-refractivity contribution in [1.82, 2.24) is 0 Å². The molecule has 2 heteroatoms. The van der Waals surface area contributed by atoms with Gasteiger partial charge in [0.15, 0.2) is 0 Å². The first-order chi connectivity index (χ1) is 7.72. The number of allylic oxidation sites excluding steroid dienone is 1. The van der Waals surface area contributed by atoms with Crippen LogP contribution >= 0.6 is 0 Å². The Bertz CT molecular complexity index is 229. The molecule has 2 saturated heterocycles. The summed E-state index contributed by atoms with van der Waals surface area (Å²) in [6, 6.07) is 0. The van der Waals surface area contributed by atoms with Crippen molar-refractivity contribution in [1.29, 1.82) is 0 Å². The lowest BCUT2D eigenvalue weighted by molar-refractivity contribution is 0.230. The van der Waals surface area contributed by atoms with Crippen LogP contribution in [0.15, 0.2) is 12.7 Å². The van der Waals surface area contributed by atoms with Crippen LogP contribution in [0.4, 0.5) is 0 Å². The van der Waals surface area contributed by atoms with Gasteiger partial charge in [0.2, 0.25) is 0 Å². The van der Waals surface area contributed by atoms with Gasteiger partial charge in [0, 0.05) is 6.10 Å². The van der Waals surface area contributed by atoms with E-state index >= 15 is 0 Å². The van der Waals surface area contributed by atoms with Gasteiger partial charge in [-0.05, 0) is 31.4 Å². The van der Waals surface area contributed by atoms with Crippen molar-refractivity contribution < 1.29 is 4.65 Å². The summed E-state index contributed by atoms with van der Waals surface area (Å²) in [6.45, 7) is 8.84.